The lowest BCUT2D eigenvalue weighted by molar-refractivity contribution is 0.234. The minimum absolute atomic E-state index is 0.539. The van der Waals surface area contributed by atoms with E-state index >= 15 is 0 Å². The topological polar surface area (TPSA) is 49.4 Å². The van der Waals surface area contributed by atoms with E-state index in [1.807, 2.05) is 19.9 Å². The van der Waals surface area contributed by atoms with Crippen molar-refractivity contribution < 1.29 is 8.42 Å². The fraction of sp³-hybridized carbons (Fsp3) is 0.733. The third-order valence-electron chi connectivity index (χ3n) is 4.74. The van der Waals surface area contributed by atoms with E-state index in [9.17, 15) is 8.42 Å². The summed E-state index contributed by atoms with van der Waals surface area (Å²) in [5, 5.41) is 3.56. The van der Waals surface area contributed by atoms with Gasteiger partial charge in [0, 0.05) is 24.0 Å². The van der Waals surface area contributed by atoms with Crippen LogP contribution in [-0.2, 0) is 10.0 Å². The predicted molar refractivity (Wildman–Crippen MR) is 86.3 cm³/mol. The van der Waals surface area contributed by atoms with E-state index in [-0.39, 0.29) is 0 Å². The van der Waals surface area contributed by atoms with E-state index in [0.29, 0.717) is 29.3 Å². The number of sulfonamides is 1. The van der Waals surface area contributed by atoms with Crippen molar-refractivity contribution in [3.63, 3.8) is 0 Å². The quantitative estimate of drug-likeness (QED) is 0.927. The van der Waals surface area contributed by atoms with Crippen molar-refractivity contribution in [3.8, 4) is 0 Å². The molecule has 1 unspecified atom stereocenters. The third-order valence-corrected chi connectivity index (χ3v) is 8.40. The van der Waals surface area contributed by atoms with Crippen LogP contribution in [0.2, 0.25) is 0 Å². The second kappa shape index (κ2) is 5.99. The molecule has 0 amide bonds. The van der Waals surface area contributed by atoms with E-state index in [2.05, 4.69) is 5.32 Å². The largest absolute Gasteiger partial charge is 0.314 e. The minimum Gasteiger partial charge on any atom is -0.314 e. The van der Waals surface area contributed by atoms with Gasteiger partial charge in [0.25, 0.3) is 10.0 Å². The first-order chi connectivity index (χ1) is 9.98. The fourth-order valence-electron chi connectivity index (χ4n) is 3.63. The number of nitrogens with one attached hydrogen (secondary N) is 1. The molecule has 3 heterocycles. The van der Waals surface area contributed by atoms with Crippen molar-refractivity contribution in [1.29, 1.82) is 0 Å². The molecule has 0 aromatic carbocycles. The van der Waals surface area contributed by atoms with E-state index in [4.69, 9.17) is 0 Å². The fourth-order valence-corrected chi connectivity index (χ4v) is 6.90. The Bertz CT molecular complexity index is 595. The Labute approximate surface area is 131 Å². The lowest BCUT2D eigenvalue weighted by atomic mass is 9.89. The number of nitrogens with zero attached hydrogens (tertiary/aromatic N) is 1. The summed E-state index contributed by atoms with van der Waals surface area (Å²) in [7, 11) is -3.29. The predicted octanol–water partition coefficient (Wildman–Crippen LogP) is 2.52. The van der Waals surface area contributed by atoms with Crippen LogP contribution in [0.25, 0.3) is 0 Å². The highest BCUT2D eigenvalue weighted by atomic mass is 32.2. The molecule has 0 bridgehead atoms. The van der Waals surface area contributed by atoms with Crippen LogP contribution in [0.5, 0.6) is 0 Å². The SMILES string of the molecule is Cc1cc(C)c(S(=O)(=O)N2CCC(C3CCCN3)CC2)s1. The molecule has 2 aliphatic rings. The monoisotopic (exact) mass is 328 g/mol. The lowest BCUT2D eigenvalue weighted by Gasteiger charge is -2.34. The van der Waals surface area contributed by atoms with Gasteiger partial charge in [-0.25, -0.2) is 8.42 Å². The average Bonchev–Trinajstić information content (AvgIpc) is 3.09. The van der Waals surface area contributed by atoms with Gasteiger partial charge in [0.2, 0.25) is 0 Å². The molecule has 0 spiro atoms. The van der Waals surface area contributed by atoms with Gasteiger partial charge in [-0.2, -0.15) is 4.31 Å². The van der Waals surface area contributed by atoms with Crippen molar-refractivity contribution in [2.24, 2.45) is 5.92 Å². The summed E-state index contributed by atoms with van der Waals surface area (Å²) >= 11 is 1.40. The highest BCUT2D eigenvalue weighted by molar-refractivity contribution is 7.91. The molecule has 2 aliphatic heterocycles. The zero-order valence-corrected chi connectivity index (χ0v) is 14.4. The molecule has 2 fully saturated rings. The van der Waals surface area contributed by atoms with Gasteiger partial charge in [-0.3, -0.25) is 0 Å². The number of hydrogen-bond donors (Lipinski definition) is 1. The highest BCUT2D eigenvalue weighted by Gasteiger charge is 2.34. The van der Waals surface area contributed by atoms with Crippen molar-refractivity contribution in [1.82, 2.24) is 9.62 Å². The smallest absolute Gasteiger partial charge is 0.252 e. The van der Waals surface area contributed by atoms with E-state index < -0.39 is 10.0 Å². The van der Waals surface area contributed by atoms with Crippen molar-refractivity contribution >= 4 is 21.4 Å². The summed E-state index contributed by atoms with van der Waals surface area (Å²) in [6, 6.07) is 2.58. The van der Waals surface area contributed by atoms with Crippen molar-refractivity contribution in [2.45, 2.75) is 49.8 Å². The molecule has 1 aromatic rings. The Morgan fingerprint density at radius 1 is 1.24 bits per heavy atom. The molecule has 0 saturated carbocycles. The number of thiophene rings is 1. The van der Waals surface area contributed by atoms with Crippen molar-refractivity contribution in [2.75, 3.05) is 19.6 Å². The Morgan fingerprint density at radius 3 is 2.48 bits per heavy atom. The van der Waals surface area contributed by atoms with Crippen LogP contribution in [0.4, 0.5) is 0 Å². The molecule has 0 aliphatic carbocycles. The second-order valence-electron chi connectivity index (χ2n) is 6.27. The molecule has 1 aromatic heterocycles. The summed E-state index contributed by atoms with van der Waals surface area (Å²) < 4.78 is 27.8. The Morgan fingerprint density at radius 2 is 1.95 bits per heavy atom. The number of rotatable bonds is 3. The first-order valence-electron chi connectivity index (χ1n) is 7.79. The molecule has 1 atom stereocenters. The normalized spacial score (nSPS) is 25.5. The molecule has 118 valence electrons. The summed E-state index contributed by atoms with van der Waals surface area (Å²) in [5.41, 5.74) is 0.886. The number of piperidine rings is 1. The lowest BCUT2D eigenvalue weighted by Crippen LogP contribution is -2.43. The average molecular weight is 329 g/mol. The molecule has 3 rings (SSSR count). The first kappa shape index (κ1) is 15.5. The second-order valence-corrected chi connectivity index (χ2v) is 9.66. The van der Waals surface area contributed by atoms with Crippen LogP contribution in [0.15, 0.2) is 10.3 Å². The Hall–Kier alpha value is -0.430. The van der Waals surface area contributed by atoms with Gasteiger partial charge in [0.15, 0.2) is 0 Å². The maximum absolute atomic E-state index is 12.8. The molecule has 0 radical (unpaired) electrons. The van der Waals surface area contributed by atoms with E-state index in [1.54, 1.807) is 4.31 Å². The van der Waals surface area contributed by atoms with Gasteiger partial charge < -0.3 is 5.32 Å². The molecule has 6 heteroatoms. The van der Waals surface area contributed by atoms with Crippen LogP contribution in [-0.4, -0.2) is 38.4 Å². The van der Waals surface area contributed by atoms with Gasteiger partial charge in [-0.1, -0.05) is 0 Å². The molecule has 4 nitrogen and oxygen atoms in total. The molecular weight excluding hydrogens is 304 g/mol. The first-order valence-corrected chi connectivity index (χ1v) is 10.0. The van der Waals surface area contributed by atoms with Gasteiger partial charge in [0.05, 0.1) is 0 Å². The Balaban J connectivity index is 1.69. The van der Waals surface area contributed by atoms with Gasteiger partial charge in [0.1, 0.15) is 4.21 Å². The van der Waals surface area contributed by atoms with Gasteiger partial charge >= 0.3 is 0 Å². The summed E-state index contributed by atoms with van der Waals surface area (Å²) in [4.78, 5) is 1.07. The maximum atomic E-state index is 12.8. The third kappa shape index (κ3) is 3.04. The summed E-state index contributed by atoms with van der Waals surface area (Å²) in [6.07, 6.45) is 4.48. The molecule has 21 heavy (non-hydrogen) atoms. The standard InChI is InChI=1S/C15H24N2O2S2/c1-11-10-12(2)20-15(11)21(18,19)17-8-5-13(6-9-17)14-4-3-7-16-14/h10,13-14,16H,3-9H2,1-2H3. The van der Waals surface area contributed by atoms with Crippen molar-refractivity contribution in [3.05, 3.63) is 16.5 Å². The maximum Gasteiger partial charge on any atom is 0.252 e. The summed E-state index contributed by atoms with van der Waals surface area (Å²) in [5.74, 6) is 0.644. The van der Waals surface area contributed by atoms with Crippen LogP contribution >= 0.6 is 11.3 Å². The van der Waals surface area contributed by atoms with E-state index in [0.717, 1.165) is 29.8 Å². The van der Waals surface area contributed by atoms with Gasteiger partial charge in [-0.05, 0) is 63.6 Å². The van der Waals surface area contributed by atoms with Crippen LogP contribution in [0, 0.1) is 19.8 Å². The summed E-state index contributed by atoms with van der Waals surface area (Å²) in [6.45, 7) is 6.32. The minimum atomic E-state index is -3.29. The van der Waals surface area contributed by atoms with Crippen LogP contribution < -0.4 is 5.32 Å². The number of hydrogen-bond acceptors (Lipinski definition) is 4. The highest BCUT2D eigenvalue weighted by Crippen LogP contribution is 2.32. The Kier molecular flexibility index (Phi) is 4.41. The molecular formula is C15H24N2O2S2. The van der Waals surface area contributed by atoms with Crippen LogP contribution in [0.3, 0.4) is 0 Å². The number of aryl methyl sites for hydroxylation is 2. The van der Waals surface area contributed by atoms with Gasteiger partial charge in [-0.15, -0.1) is 11.3 Å². The van der Waals surface area contributed by atoms with Crippen LogP contribution in [0.1, 0.15) is 36.1 Å². The zero-order chi connectivity index (χ0) is 15.0. The zero-order valence-electron chi connectivity index (χ0n) is 12.8. The van der Waals surface area contributed by atoms with E-state index in [1.165, 1.54) is 24.2 Å². The molecule has 2 saturated heterocycles. The molecule has 1 N–H and O–H groups in total.